The Balaban J connectivity index is 4.60. The van der Waals surface area contributed by atoms with E-state index in [1.807, 2.05) is 0 Å². The molecule has 0 aromatic carbocycles. The summed E-state index contributed by atoms with van der Waals surface area (Å²) in [5, 5.41) is 3.52. The van der Waals surface area contributed by atoms with Crippen molar-refractivity contribution in [2.75, 3.05) is 35.5 Å². The third kappa shape index (κ3) is 8.12. The third-order valence-corrected chi connectivity index (χ3v) is 5.44. The van der Waals surface area contributed by atoms with Gasteiger partial charge < -0.3 is 14.2 Å². The van der Waals surface area contributed by atoms with E-state index in [0.29, 0.717) is 11.8 Å². The lowest BCUT2D eigenvalue weighted by Crippen LogP contribution is -2.37. The maximum absolute atomic E-state index is 6.01. The summed E-state index contributed by atoms with van der Waals surface area (Å²) in [6.45, 7) is 0. The number of methoxy groups -OCH3 is 2. The van der Waals surface area contributed by atoms with Crippen molar-refractivity contribution >= 4 is 63.7 Å². The molecule has 19 heavy (non-hydrogen) atoms. The van der Waals surface area contributed by atoms with E-state index in [-0.39, 0.29) is 12.6 Å². The quantitative estimate of drug-likeness (QED) is 0.272. The fraction of sp³-hybridized carbons (Fsp3) is 1.00. The zero-order valence-electron chi connectivity index (χ0n) is 11.3. The fourth-order valence-corrected chi connectivity index (χ4v) is 4.14. The Morgan fingerprint density at radius 3 is 1.32 bits per heavy atom. The highest BCUT2D eigenvalue weighted by atomic mass is 79.9. The second-order valence-electron chi connectivity index (χ2n) is 4.13. The lowest BCUT2D eigenvalue weighted by molar-refractivity contribution is -0.259. The zero-order valence-corrected chi connectivity index (χ0v) is 17.6. The van der Waals surface area contributed by atoms with E-state index >= 15 is 0 Å². The van der Waals surface area contributed by atoms with Crippen LogP contribution >= 0.6 is 63.7 Å². The molecular formula is C12H22Br4O3. The van der Waals surface area contributed by atoms with Crippen LogP contribution in [0.3, 0.4) is 0 Å². The summed E-state index contributed by atoms with van der Waals surface area (Å²) in [6, 6.07) is 0. The first-order valence-electron chi connectivity index (χ1n) is 6.13. The second-order valence-corrected chi connectivity index (χ2v) is 7.01. The average Bonchev–Trinajstić information content (AvgIpc) is 2.44. The van der Waals surface area contributed by atoms with Crippen LogP contribution in [-0.4, -0.2) is 48.1 Å². The van der Waals surface area contributed by atoms with Crippen LogP contribution in [0.4, 0.5) is 0 Å². The van der Waals surface area contributed by atoms with Crippen molar-refractivity contribution in [2.45, 2.75) is 25.4 Å². The topological polar surface area (TPSA) is 27.7 Å². The minimum Gasteiger partial charge on any atom is -0.355 e. The van der Waals surface area contributed by atoms with Gasteiger partial charge in [0.05, 0.1) is 0 Å². The summed E-state index contributed by atoms with van der Waals surface area (Å²) < 4.78 is 17.0. The predicted molar refractivity (Wildman–Crippen MR) is 94.1 cm³/mol. The van der Waals surface area contributed by atoms with Crippen LogP contribution in [0, 0.1) is 11.8 Å². The van der Waals surface area contributed by atoms with Gasteiger partial charge in [-0.05, 0) is 12.8 Å². The minimum atomic E-state index is -0.265. The molecule has 0 fully saturated rings. The number of ether oxygens (including phenoxy) is 3. The van der Waals surface area contributed by atoms with Crippen LogP contribution in [0.2, 0.25) is 0 Å². The third-order valence-electron chi connectivity index (χ3n) is 2.86. The molecule has 7 heteroatoms. The summed E-state index contributed by atoms with van der Waals surface area (Å²) in [4.78, 5) is 0. The molecule has 0 amide bonds. The van der Waals surface area contributed by atoms with E-state index in [9.17, 15) is 0 Å². The summed E-state index contributed by atoms with van der Waals surface area (Å²) in [6.07, 6.45) is 1.44. The smallest absolute Gasteiger partial charge is 0.163 e. The number of hydrogen-bond donors (Lipinski definition) is 0. The number of hydrogen-bond acceptors (Lipinski definition) is 3. The Morgan fingerprint density at radius 1 is 0.737 bits per heavy atom. The minimum absolute atomic E-state index is 0.265. The molecule has 0 aliphatic heterocycles. The van der Waals surface area contributed by atoms with Crippen molar-refractivity contribution in [1.29, 1.82) is 0 Å². The zero-order chi connectivity index (χ0) is 14.7. The highest BCUT2D eigenvalue weighted by Crippen LogP contribution is 2.24. The molecule has 0 heterocycles. The normalized spacial score (nSPS) is 18.0. The first-order chi connectivity index (χ1) is 9.18. The second kappa shape index (κ2) is 13.5. The van der Waals surface area contributed by atoms with Gasteiger partial charge in [-0.2, -0.15) is 0 Å². The van der Waals surface area contributed by atoms with Gasteiger partial charge in [0.25, 0.3) is 0 Å². The summed E-state index contributed by atoms with van der Waals surface area (Å²) in [7, 11) is 3.35. The van der Waals surface area contributed by atoms with Crippen LogP contribution in [0.25, 0.3) is 0 Å². The molecule has 0 radical (unpaired) electrons. The molecule has 0 aliphatic rings. The largest absolute Gasteiger partial charge is 0.355 e. The Bertz CT molecular complexity index is 189. The van der Waals surface area contributed by atoms with Gasteiger partial charge in [-0.3, -0.25) is 0 Å². The lowest BCUT2D eigenvalue weighted by Gasteiger charge is -2.31. The SMILES string of the molecule is CO[C@@H](O[C@H](OC)C(CBr)CCBr)C(CBr)CCBr. The van der Waals surface area contributed by atoms with Crippen molar-refractivity contribution in [3.05, 3.63) is 0 Å². The molecule has 0 aromatic heterocycles. The average molecular weight is 534 g/mol. The maximum Gasteiger partial charge on any atom is 0.163 e. The fourth-order valence-electron chi connectivity index (χ4n) is 1.70. The molecule has 0 rings (SSSR count). The van der Waals surface area contributed by atoms with Crippen LogP contribution in [0.1, 0.15) is 12.8 Å². The first-order valence-corrected chi connectivity index (χ1v) is 10.6. The molecule has 116 valence electrons. The summed E-state index contributed by atoms with van der Waals surface area (Å²) in [5.41, 5.74) is 0. The standard InChI is InChI=1S/C12H22Br4O3/c1-17-11(9(7-15)3-5-13)19-12(18-2)10(8-16)4-6-14/h9-12H,3-8H2,1-2H3/t9?,10?,11-,12-/m0/s1. The van der Waals surface area contributed by atoms with Crippen molar-refractivity contribution in [3.63, 3.8) is 0 Å². The molecule has 0 N–H and O–H groups in total. The Labute approximate surface area is 150 Å². The molecule has 0 aliphatic carbocycles. The number of alkyl halides is 4. The van der Waals surface area contributed by atoms with E-state index < -0.39 is 0 Å². The predicted octanol–water partition coefficient (Wildman–Crippen LogP) is 4.54. The van der Waals surface area contributed by atoms with Gasteiger partial charge in [0, 0.05) is 47.4 Å². The van der Waals surface area contributed by atoms with E-state index in [1.165, 1.54) is 0 Å². The van der Waals surface area contributed by atoms with E-state index in [1.54, 1.807) is 14.2 Å². The van der Waals surface area contributed by atoms with Gasteiger partial charge >= 0.3 is 0 Å². The Hall–Kier alpha value is 1.80. The van der Waals surface area contributed by atoms with Gasteiger partial charge in [-0.25, -0.2) is 0 Å². The van der Waals surface area contributed by atoms with Crippen LogP contribution in [0.5, 0.6) is 0 Å². The highest BCUT2D eigenvalue weighted by molar-refractivity contribution is 9.09. The van der Waals surface area contributed by atoms with E-state index in [2.05, 4.69) is 63.7 Å². The van der Waals surface area contributed by atoms with E-state index in [4.69, 9.17) is 14.2 Å². The molecule has 0 saturated heterocycles. The lowest BCUT2D eigenvalue weighted by atomic mass is 10.1. The maximum atomic E-state index is 6.01. The molecule has 4 atom stereocenters. The van der Waals surface area contributed by atoms with Crippen LogP contribution in [-0.2, 0) is 14.2 Å². The van der Waals surface area contributed by atoms with Crippen LogP contribution < -0.4 is 0 Å². The highest BCUT2D eigenvalue weighted by Gasteiger charge is 2.28. The number of halogens is 4. The Morgan fingerprint density at radius 2 is 1.11 bits per heavy atom. The van der Waals surface area contributed by atoms with Gasteiger partial charge in [-0.1, -0.05) is 63.7 Å². The van der Waals surface area contributed by atoms with Gasteiger partial charge in [-0.15, -0.1) is 0 Å². The molecule has 2 unspecified atom stereocenters. The van der Waals surface area contributed by atoms with Gasteiger partial charge in [0.2, 0.25) is 0 Å². The summed E-state index contributed by atoms with van der Waals surface area (Å²) >= 11 is 14.0. The van der Waals surface area contributed by atoms with Crippen molar-refractivity contribution in [2.24, 2.45) is 11.8 Å². The molecule has 0 aromatic rings. The van der Waals surface area contributed by atoms with Crippen molar-refractivity contribution in [3.8, 4) is 0 Å². The monoisotopic (exact) mass is 530 g/mol. The Kier molecular flexibility index (Phi) is 14.7. The molecule has 0 spiro atoms. The van der Waals surface area contributed by atoms with Crippen LogP contribution in [0.15, 0.2) is 0 Å². The molecule has 0 saturated carbocycles. The summed E-state index contributed by atoms with van der Waals surface area (Å²) in [5.74, 6) is 0.587. The molecular weight excluding hydrogens is 512 g/mol. The van der Waals surface area contributed by atoms with Gasteiger partial charge in [0.1, 0.15) is 0 Å². The van der Waals surface area contributed by atoms with Crippen molar-refractivity contribution < 1.29 is 14.2 Å². The van der Waals surface area contributed by atoms with Crippen molar-refractivity contribution in [1.82, 2.24) is 0 Å². The molecule has 3 nitrogen and oxygen atoms in total. The first kappa shape index (κ1) is 20.8. The van der Waals surface area contributed by atoms with E-state index in [0.717, 1.165) is 34.2 Å². The van der Waals surface area contributed by atoms with Gasteiger partial charge in [0.15, 0.2) is 12.6 Å². The number of rotatable bonds is 12. The molecule has 0 bridgehead atoms.